The highest BCUT2D eigenvalue weighted by Gasteiger charge is 2.19. The maximum atomic E-state index is 4.78. The molecule has 0 saturated carbocycles. The molecule has 0 fully saturated rings. The summed E-state index contributed by atoms with van der Waals surface area (Å²) in [7, 11) is 2.17. The van der Waals surface area contributed by atoms with Gasteiger partial charge in [0.15, 0.2) is 0 Å². The van der Waals surface area contributed by atoms with Crippen LogP contribution in [0.4, 0.5) is 0 Å². The molecule has 0 amide bonds. The Bertz CT molecular complexity index is 550. The van der Waals surface area contributed by atoms with Crippen LogP contribution in [0.25, 0.3) is 10.6 Å². The first-order valence-electron chi connectivity index (χ1n) is 5.66. The van der Waals surface area contributed by atoms with Crippen molar-refractivity contribution >= 4 is 27.3 Å². The van der Waals surface area contributed by atoms with Gasteiger partial charge in [-0.15, -0.1) is 11.3 Å². The quantitative estimate of drug-likeness (QED) is 0.801. The zero-order valence-corrected chi connectivity index (χ0v) is 12.0. The zero-order chi connectivity index (χ0) is 11.8. The maximum Gasteiger partial charge on any atom is 0.125 e. The van der Waals surface area contributed by atoms with E-state index in [1.54, 1.807) is 0 Å². The van der Waals surface area contributed by atoms with Crippen LogP contribution in [0.1, 0.15) is 10.6 Å². The van der Waals surface area contributed by atoms with Gasteiger partial charge in [0, 0.05) is 34.4 Å². The number of likely N-dealkylation sites (N-methyl/N-ethyl adjacent to an activating group) is 1. The van der Waals surface area contributed by atoms with E-state index in [0.29, 0.717) is 0 Å². The molecule has 0 atom stereocenters. The van der Waals surface area contributed by atoms with E-state index in [2.05, 4.69) is 46.1 Å². The largest absolute Gasteiger partial charge is 0.301 e. The molecular weight excluding hydrogens is 296 g/mol. The second-order valence-corrected chi connectivity index (χ2v) is 6.29. The molecule has 1 aromatic carbocycles. The van der Waals surface area contributed by atoms with Crippen molar-refractivity contribution in [3.05, 3.63) is 39.3 Å². The van der Waals surface area contributed by atoms with Crippen molar-refractivity contribution in [3.8, 4) is 10.6 Å². The van der Waals surface area contributed by atoms with Crippen molar-refractivity contribution in [2.45, 2.75) is 13.0 Å². The Morgan fingerprint density at radius 3 is 3.00 bits per heavy atom. The van der Waals surface area contributed by atoms with Crippen LogP contribution in [-0.4, -0.2) is 23.5 Å². The number of hydrogen-bond donors (Lipinski definition) is 0. The van der Waals surface area contributed by atoms with Gasteiger partial charge in [-0.25, -0.2) is 4.98 Å². The average Bonchev–Trinajstić information content (AvgIpc) is 2.72. The van der Waals surface area contributed by atoms with Gasteiger partial charge in [0.2, 0.25) is 0 Å². The molecule has 3 rings (SSSR count). The van der Waals surface area contributed by atoms with E-state index in [1.807, 2.05) is 17.4 Å². The van der Waals surface area contributed by atoms with Gasteiger partial charge in [-0.1, -0.05) is 34.1 Å². The topological polar surface area (TPSA) is 16.1 Å². The van der Waals surface area contributed by atoms with Crippen LogP contribution < -0.4 is 0 Å². The van der Waals surface area contributed by atoms with Gasteiger partial charge in [-0.2, -0.15) is 0 Å². The smallest absolute Gasteiger partial charge is 0.125 e. The predicted molar refractivity (Wildman–Crippen MR) is 75.3 cm³/mol. The normalized spacial score (nSPS) is 15.9. The number of hydrogen-bond acceptors (Lipinski definition) is 3. The minimum Gasteiger partial charge on any atom is -0.301 e. The molecule has 0 saturated heterocycles. The van der Waals surface area contributed by atoms with Crippen molar-refractivity contribution in [3.63, 3.8) is 0 Å². The van der Waals surface area contributed by atoms with Crippen LogP contribution in [0.3, 0.4) is 0 Å². The first-order valence-corrected chi connectivity index (χ1v) is 7.27. The van der Waals surface area contributed by atoms with Gasteiger partial charge in [0.05, 0.1) is 5.69 Å². The molecule has 0 aliphatic carbocycles. The van der Waals surface area contributed by atoms with Crippen molar-refractivity contribution in [1.29, 1.82) is 0 Å². The third kappa shape index (κ3) is 2.17. The third-order valence-corrected chi connectivity index (χ3v) is 4.83. The van der Waals surface area contributed by atoms with Crippen LogP contribution in [0.5, 0.6) is 0 Å². The third-order valence-electron chi connectivity index (χ3n) is 3.03. The maximum absolute atomic E-state index is 4.78. The summed E-state index contributed by atoms with van der Waals surface area (Å²) in [4.78, 5) is 8.55. The zero-order valence-electron chi connectivity index (χ0n) is 9.61. The van der Waals surface area contributed by atoms with Gasteiger partial charge >= 0.3 is 0 Å². The fraction of sp³-hybridized carbons (Fsp3) is 0.308. The lowest BCUT2D eigenvalue weighted by Crippen LogP contribution is -2.25. The summed E-state index contributed by atoms with van der Waals surface area (Å²) >= 11 is 5.42. The van der Waals surface area contributed by atoms with Gasteiger partial charge in [0.25, 0.3) is 0 Å². The Kier molecular flexibility index (Phi) is 3.03. The molecule has 2 aromatic rings. The second kappa shape index (κ2) is 4.52. The predicted octanol–water partition coefficient (Wildman–Crippen LogP) is 3.56. The summed E-state index contributed by atoms with van der Waals surface area (Å²) in [6.07, 6.45) is 1.08. The monoisotopic (exact) mass is 308 g/mol. The van der Waals surface area contributed by atoms with E-state index in [1.165, 1.54) is 16.1 Å². The van der Waals surface area contributed by atoms with Crippen LogP contribution in [0.15, 0.2) is 28.7 Å². The fourth-order valence-corrected chi connectivity index (χ4v) is 3.90. The average molecular weight is 309 g/mol. The molecule has 0 unspecified atom stereocenters. The van der Waals surface area contributed by atoms with Crippen molar-refractivity contribution in [2.24, 2.45) is 0 Å². The fourth-order valence-electron chi connectivity index (χ4n) is 2.07. The Morgan fingerprint density at radius 2 is 2.18 bits per heavy atom. The molecule has 1 aliphatic heterocycles. The minimum absolute atomic E-state index is 1.04. The summed E-state index contributed by atoms with van der Waals surface area (Å²) in [6.45, 7) is 2.16. The lowest BCUT2D eigenvalue weighted by molar-refractivity contribution is 0.314. The molecule has 88 valence electrons. The molecule has 0 radical (unpaired) electrons. The highest BCUT2D eigenvalue weighted by atomic mass is 79.9. The molecule has 17 heavy (non-hydrogen) atoms. The first kappa shape index (κ1) is 11.4. The lowest BCUT2D eigenvalue weighted by atomic mass is 10.2. The summed E-state index contributed by atoms with van der Waals surface area (Å²) in [5, 5.41) is 1.14. The number of nitrogens with zero attached hydrogens (tertiary/aromatic N) is 2. The van der Waals surface area contributed by atoms with Crippen molar-refractivity contribution < 1.29 is 0 Å². The molecule has 0 N–H and O–H groups in total. The number of fused-ring (bicyclic) bond motifs is 1. The van der Waals surface area contributed by atoms with E-state index < -0.39 is 0 Å². The van der Waals surface area contributed by atoms with Gasteiger partial charge in [-0.3, -0.25) is 0 Å². The van der Waals surface area contributed by atoms with E-state index in [9.17, 15) is 0 Å². The molecule has 1 aliphatic rings. The number of aromatic nitrogens is 1. The molecular formula is C13H13BrN2S. The Hall–Kier alpha value is -0.710. The molecule has 2 heterocycles. The SMILES string of the molecule is CN1CCc2nc(-c3ccccc3Br)sc2C1. The van der Waals surface area contributed by atoms with Crippen LogP contribution in [0.2, 0.25) is 0 Å². The van der Waals surface area contributed by atoms with E-state index in [-0.39, 0.29) is 0 Å². The summed E-state index contributed by atoms with van der Waals surface area (Å²) in [5.74, 6) is 0. The summed E-state index contributed by atoms with van der Waals surface area (Å²) < 4.78 is 1.12. The van der Waals surface area contributed by atoms with E-state index >= 15 is 0 Å². The van der Waals surface area contributed by atoms with Gasteiger partial charge in [-0.05, 0) is 13.1 Å². The number of benzene rings is 1. The standard InChI is InChI=1S/C13H13BrN2S/c1-16-7-6-11-12(8-16)17-13(15-11)9-4-2-3-5-10(9)14/h2-5H,6-8H2,1H3. The van der Waals surface area contributed by atoms with Crippen LogP contribution >= 0.6 is 27.3 Å². The summed E-state index contributed by atoms with van der Waals surface area (Å²) in [6, 6.07) is 8.29. The number of halogens is 1. The number of rotatable bonds is 1. The molecule has 0 bridgehead atoms. The van der Waals surface area contributed by atoms with Crippen molar-refractivity contribution in [1.82, 2.24) is 9.88 Å². The van der Waals surface area contributed by atoms with Crippen molar-refractivity contribution in [2.75, 3.05) is 13.6 Å². The molecule has 2 nitrogen and oxygen atoms in total. The summed E-state index contributed by atoms with van der Waals surface area (Å²) in [5.41, 5.74) is 2.49. The number of thiazole rings is 1. The Balaban J connectivity index is 2.03. The van der Waals surface area contributed by atoms with Gasteiger partial charge in [0.1, 0.15) is 5.01 Å². The highest BCUT2D eigenvalue weighted by molar-refractivity contribution is 9.10. The van der Waals surface area contributed by atoms with E-state index in [4.69, 9.17) is 4.98 Å². The highest BCUT2D eigenvalue weighted by Crippen LogP contribution is 2.34. The molecule has 0 spiro atoms. The van der Waals surface area contributed by atoms with Crippen LogP contribution in [0, 0.1) is 0 Å². The Morgan fingerprint density at radius 1 is 1.35 bits per heavy atom. The Labute approximate surface area is 113 Å². The van der Waals surface area contributed by atoms with E-state index in [0.717, 1.165) is 29.0 Å². The lowest BCUT2D eigenvalue weighted by Gasteiger charge is -2.20. The molecule has 1 aromatic heterocycles. The minimum atomic E-state index is 1.04. The van der Waals surface area contributed by atoms with Gasteiger partial charge < -0.3 is 4.90 Å². The molecule has 4 heteroatoms. The first-order chi connectivity index (χ1) is 8.24. The second-order valence-electron chi connectivity index (χ2n) is 4.36. The van der Waals surface area contributed by atoms with Crippen LogP contribution in [-0.2, 0) is 13.0 Å².